The Morgan fingerprint density at radius 3 is 2.86 bits per heavy atom. The predicted octanol–water partition coefficient (Wildman–Crippen LogP) is 4.14. The van der Waals surface area contributed by atoms with Crippen molar-refractivity contribution >= 4 is 11.6 Å². The minimum atomic E-state index is -3.09. The molecule has 1 N–H and O–H groups in total. The first-order valence-corrected chi connectivity index (χ1v) is 9.71. The van der Waals surface area contributed by atoms with Gasteiger partial charge in [-0.2, -0.15) is 8.78 Å². The van der Waals surface area contributed by atoms with Crippen molar-refractivity contribution in [3.63, 3.8) is 0 Å². The molecule has 0 saturated carbocycles. The Bertz CT molecular complexity index is 811. The van der Waals surface area contributed by atoms with Gasteiger partial charge < -0.3 is 15.0 Å². The lowest BCUT2D eigenvalue weighted by molar-refractivity contribution is -0.118. The number of anilines is 1. The zero-order chi connectivity index (χ0) is 20.0. The third-order valence-corrected chi connectivity index (χ3v) is 4.83. The first kappa shape index (κ1) is 20.3. The Morgan fingerprint density at radius 1 is 1.21 bits per heavy atom. The van der Waals surface area contributed by atoms with Crippen LogP contribution in [0.2, 0.25) is 0 Å². The van der Waals surface area contributed by atoms with Gasteiger partial charge in [-0.3, -0.25) is 4.79 Å². The van der Waals surface area contributed by atoms with Crippen molar-refractivity contribution in [1.82, 2.24) is 5.32 Å². The predicted molar refractivity (Wildman–Crippen MR) is 106 cm³/mol. The van der Waals surface area contributed by atoms with Crippen LogP contribution in [0.4, 0.5) is 14.5 Å². The van der Waals surface area contributed by atoms with Crippen molar-refractivity contribution in [2.45, 2.75) is 32.1 Å². The van der Waals surface area contributed by atoms with Gasteiger partial charge in [0.2, 0.25) is 5.91 Å². The fraction of sp³-hybridized carbons (Fsp3) is 0.409. The van der Waals surface area contributed by atoms with E-state index in [1.54, 1.807) is 17.0 Å². The largest absolute Gasteiger partial charge is 0.494 e. The number of alkyl halides is 2. The number of hydrogen-bond donors (Lipinski definition) is 1. The Balaban J connectivity index is 1.54. The molecular weight excluding hydrogens is 362 g/mol. The van der Waals surface area contributed by atoms with Crippen LogP contribution in [-0.4, -0.2) is 32.1 Å². The Labute approximate surface area is 164 Å². The number of hydrogen-bond acceptors (Lipinski definition) is 3. The van der Waals surface area contributed by atoms with Gasteiger partial charge in [0, 0.05) is 17.8 Å². The van der Waals surface area contributed by atoms with Crippen LogP contribution in [0.25, 0.3) is 0 Å². The molecular formula is C22H26F2N2O2. The van der Waals surface area contributed by atoms with E-state index in [2.05, 4.69) is 5.32 Å². The van der Waals surface area contributed by atoms with Crippen LogP contribution >= 0.6 is 0 Å². The van der Waals surface area contributed by atoms with E-state index in [9.17, 15) is 13.6 Å². The number of para-hydroxylation sites is 1. The summed E-state index contributed by atoms with van der Waals surface area (Å²) in [4.78, 5) is 14.1. The summed E-state index contributed by atoms with van der Waals surface area (Å²) in [5.74, 6) is -2.85. The molecule has 6 heteroatoms. The van der Waals surface area contributed by atoms with Gasteiger partial charge in [-0.15, -0.1) is 0 Å². The molecule has 0 atom stereocenters. The molecule has 0 bridgehead atoms. The number of fused-ring (bicyclic) bond motifs is 1. The lowest BCUT2D eigenvalue weighted by Gasteiger charge is -2.21. The molecule has 0 aromatic heterocycles. The highest BCUT2D eigenvalue weighted by Crippen LogP contribution is 2.30. The van der Waals surface area contributed by atoms with Crippen molar-refractivity contribution < 1.29 is 18.3 Å². The smallest absolute Gasteiger partial charge is 0.285 e. The Kier molecular flexibility index (Phi) is 6.62. The van der Waals surface area contributed by atoms with Gasteiger partial charge in [0.15, 0.2) is 0 Å². The summed E-state index contributed by atoms with van der Waals surface area (Å²) < 4.78 is 34.6. The highest BCUT2D eigenvalue weighted by atomic mass is 19.3. The second-order valence-corrected chi connectivity index (χ2v) is 6.96. The fourth-order valence-electron chi connectivity index (χ4n) is 3.27. The molecule has 1 aliphatic heterocycles. The molecule has 1 amide bonds. The van der Waals surface area contributed by atoms with E-state index in [-0.39, 0.29) is 18.0 Å². The monoisotopic (exact) mass is 388 g/mol. The third-order valence-electron chi connectivity index (χ3n) is 4.83. The summed E-state index contributed by atoms with van der Waals surface area (Å²) >= 11 is 0. The SMILES string of the molecule is CCCCOc1cccc(C(F)(F)CNCC(=O)N2CCc3ccccc32)c1. The first-order chi connectivity index (χ1) is 13.5. The van der Waals surface area contributed by atoms with Gasteiger partial charge in [-0.25, -0.2) is 0 Å². The average Bonchev–Trinajstić information content (AvgIpc) is 3.12. The topological polar surface area (TPSA) is 41.6 Å². The third kappa shape index (κ3) is 4.87. The first-order valence-electron chi connectivity index (χ1n) is 9.71. The minimum Gasteiger partial charge on any atom is -0.494 e. The summed E-state index contributed by atoms with van der Waals surface area (Å²) in [6.07, 6.45) is 2.65. The van der Waals surface area contributed by atoms with Gasteiger partial charge in [-0.1, -0.05) is 43.7 Å². The lowest BCUT2D eigenvalue weighted by atomic mass is 10.1. The van der Waals surface area contributed by atoms with Crippen LogP contribution in [0.3, 0.4) is 0 Å². The number of ether oxygens (including phenoxy) is 1. The number of rotatable bonds is 9. The molecule has 0 fully saturated rings. The van der Waals surface area contributed by atoms with Gasteiger partial charge in [-0.05, 0) is 36.6 Å². The van der Waals surface area contributed by atoms with E-state index in [1.807, 2.05) is 31.2 Å². The standard InChI is InChI=1S/C22H26F2N2O2/c1-2-3-13-28-19-9-6-8-18(14-19)22(23,24)16-25-15-21(27)26-12-11-17-7-4-5-10-20(17)26/h4-10,14,25H,2-3,11-13,15-16H2,1H3. The minimum absolute atomic E-state index is 0.118. The number of nitrogens with zero attached hydrogens (tertiary/aromatic N) is 1. The number of nitrogens with one attached hydrogen (secondary N) is 1. The maximum Gasteiger partial charge on any atom is 0.285 e. The quantitative estimate of drug-likeness (QED) is 0.657. The van der Waals surface area contributed by atoms with Crippen molar-refractivity contribution in [3.05, 3.63) is 59.7 Å². The van der Waals surface area contributed by atoms with Crippen LogP contribution in [0.15, 0.2) is 48.5 Å². The highest BCUT2D eigenvalue weighted by molar-refractivity contribution is 5.96. The molecule has 0 aliphatic carbocycles. The number of halogens is 2. The Morgan fingerprint density at radius 2 is 2.04 bits per heavy atom. The van der Waals surface area contributed by atoms with Crippen LogP contribution in [0, 0.1) is 0 Å². The maximum atomic E-state index is 14.5. The number of amides is 1. The molecule has 0 saturated heterocycles. The second-order valence-electron chi connectivity index (χ2n) is 6.96. The van der Waals surface area contributed by atoms with Gasteiger partial charge in [0.1, 0.15) is 5.75 Å². The van der Waals surface area contributed by atoms with Gasteiger partial charge in [0.05, 0.1) is 19.7 Å². The Hall–Kier alpha value is -2.47. The fourth-order valence-corrected chi connectivity index (χ4v) is 3.27. The normalized spacial score (nSPS) is 13.5. The molecule has 4 nitrogen and oxygen atoms in total. The van der Waals surface area contributed by atoms with Crippen LogP contribution in [0.1, 0.15) is 30.9 Å². The summed E-state index contributed by atoms with van der Waals surface area (Å²) in [5.41, 5.74) is 1.87. The molecule has 1 aliphatic rings. The van der Waals surface area contributed by atoms with E-state index in [4.69, 9.17) is 4.74 Å². The van der Waals surface area contributed by atoms with Crippen LogP contribution < -0.4 is 15.0 Å². The molecule has 28 heavy (non-hydrogen) atoms. The van der Waals surface area contributed by atoms with E-state index >= 15 is 0 Å². The summed E-state index contributed by atoms with van der Waals surface area (Å²) in [6, 6.07) is 13.7. The zero-order valence-electron chi connectivity index (χ0n) is 16.1. The van der Waals surface area contributed by atoms with E-state index in [1.165, 1.54) is 12.1 Å². The molecule has 0 radical (unpaired) electrons. The highest BCUT2D eigenvalue weighted by Gasteiger charge is 2.32. The number of benzene rings is 2. The van der Waals surface area contributed by atoms with E-state index < -0.39 is 12.5 Å². The summed E-state index contributed by atoms with van der Waals surface area (Å²) in [5, 5.41) is 2.62. The molecule has 0 unspecified atom stereocenters. The zero-order valence-corrected chi connectivity index (χ0v) is 16.1. The maximum absolute atomic E-state index is 14.5. The lowest BCUT2D eigenvalue weighted by Crippen LogP contribution is -2.40. The van der Waals surface area contributed by atoms with Crippen molar-refractivity contribution in [2.24, 2.45) is 0 Å². The second kappa shape index (κ2) is 9.15. The van der Waals surface area contributed by atoms with E-state index in [0.717, 1.165) is 30.5 Å². The average molecular weight is 388 g/mol. The molecule has 150 valence electrons. The number of carbonyl (C=O) groups excluding carboxylic acids is 1. The molecule has 1 heterocycles. The molecule has 0 spiro atoms. The number of carbonyl (C=O) groups is 1. The van der Waals surface area contributed by atoms with Gasteiger partial charge in [0.25, 0.3) is 5.92 Å². The van der Waals surface area contributed by atoms with E-state index in [0.29, 0.717) is 18.9 Å². The molecule has 2 aromatic rings. The van der Waals surface area contributed by atoms with Crippen LogP contribution in [-0.2, 0) is 17.1 Å². The van der Waals surface area contributed by atoms with Crippen molar-refractivity contribution in [2.75, 3.05) is 31.1 Å². The summed E-state index contributed by atoms with van der Waals surface area (Å²) in [7, 11) is 0. The summed E-state index contributed by atoms with van der Waals surface area (Å²) in [6.45, 7) is 2.41. The number of unbranched alkanes of at least 4 members (excludes halogenated alkanes) is 1. The molecule has 2 aromatic carbocycles. The molecule has 3 rings (SSSR count). The van der Waals surface area contributed by atoms with Crippen LogP contribution in [0.5, 0.6) is 5.75 Å². The van der Waals surface area contributed by atoms with Gasteiger partial charge >= 0.3 is 0 Å². The van der Waals surface area contributed by atoms with Crippen molar-refractivity contribution in [1.29, 1.82) is 0 Å². The van der Waals surface area contributed by atoms with Crippen molar-refractivity contribution in [3.8, 4) is 5.75 Å².